The van der Waals surface area contributed by atoms with Crippen LogP contribution in [0.1, 0.15) is 19.4 Å². The van der Waals surface area contributed by atoms with Crippen LogP contribution in [-0.2, 0) is 11.2 Å². The molecule has 0 heterocycles. The molecule has 0 aromatic heterocycles. The molecule has 0 aliphatic carbocycles. The molecule has 1 aromatic carbocycles. The molecular formula is C14H22N2O3. The monoisotopic (exact) mass is 266 g/mol. The molecule has 106 valence electrons. The standard InChI is InChI=1S/C14H22N2O3/c1-9(2)13(8-17)16-14(19)12(15)7-10-3-5-11(18)6-4-10/h3-6,9,12-13,17-18H,7-8,15H2,1-2H3,(H,16,19)/t12-,13?/m1/s1. The van der Waals surface area contributed by atoms with Gasteiger partial charge in [-0.05, 0) is 30.0 Å². The van der Waals surface area contributed by atoms with E-state index in [4.69, 9.17) is 10.8 Å². The van der Waals surface area contributed by atoms with Gasteiger partial charge in [-0.3, -0.25) is 4.79 Å². The highest BCUT2D eigenvalue weighted by atomic mass is 16.3. The van der Waals surface area contributed by atoms with E-state index in [1.165, 1.54) is 0 Å². The van der Waals surface area contributed by atoms with Gasteiger partial charge in [-0.25, -0.2) is 0 Å². The smallest absolute Gasteiger partial charge is 0.237 e. The van der Waals surface area contributed by atoms with Crippen molar-refractivity contribution in [2.75, 3.05) is 6.61 Å². The Morgan fingerprint density at radius 3 is 2.37 bits per heavy atom. The van der Waals surface area contributed by atoms with Crippen LogP contribution in [0.25, 0.3) is 0 Å². The lowest BCUT2D eigenvalue weighted by Crippen LogP contribution is -2.49. The molecule has 19 heavy (non-hydrogen) atoms. The predicted molar refractivity (Wildman–Crippen MR) is 73.6 cm³/mol. The molecule has 5 nitrogen and oxygen atoms in total. The first-order valence-electron chi connectivity index (χ1n) is 6.38. The molecule has 5 N–H and O–H groups in total. The summed E-state index contributed by atoms with van der Waals surface area (Å²) in [5.74, 6) is 0.0533. The molecule has 0 bridgehead atoms. The lowest BCUT2D eigenvalue weighted by molar-refractivity contribution is -0.123. The van der Waals surface area contributed by atoms with Crippen LogP contribution in [-0.4, -0.2) is 34.8 Å². The third kappa shape index (κ3) is 4.89. The van der Waals surface area contributed by atoms with Crippen molar-refractivity contribution in [3.63, 3.8) is 0 Å². The average molecular weight is 266 g/mol. The van der Waals surface area contributed by atoms with Crippen LogP contribution in [0.15, 0.2) is 24.3 Å². The Morgan fingerprint density at radius 1 is 1.32 bits per heavy atom. The molecule has 2 atom stereocenters. The number of nitrogens with one attached hydrogen (secondary N) is 1. The zero-order chi connectivity index (χ0) is 14.4. The Morgan fingerprint density at radius 2 is 1.89 bits per heavy atom. The minimum absolute atomic E-state index is 0.102. The summed E-state index contributed by atoms with van der Waals surface area (Å²) < 4.78 is 0. The molecule has 0 spiro atoms. The third-order valence-electron chi connectivity index (χ3n) is 3.06. The van der Waals surface area contributed by atoms with Crippen LogP contribution in [0.3, 0.4) is 0 Å². The highest BCUT2D eigenvalue weighted by Gasteiger charge is 2.20. The van der Waals surface area contributed by atoms with Gasteiger partial charge in [0.2, 0.25) is 5.91 Å². The molecule has 0 saturated heterocycles. The molecule has 0 radical (unpaired) electrons. The molecule has 0 fully saturated rings. The van der Waals surface area contributed by atoms with Gasteiger partial charge in [-0.15, -0.1) is 0 Å². The summed E-state index contributed by atoms with van der Waals surface area (Å²) >= 11 is 0. The van der Waals surface area contributed by atoms with Crippen LogP contribution in [0.2, 0.25) is 0 Å². The van der Waals surface area contributed by atoms with Gasteiger partial charge in [0.05, 0.1) is 18.7 Å². The molecular weight excluding hydrogens is 244 g/mol. The SMILES string of the molecule is CC(C)C(CO)NC(=O)[C@H](N)Cc1ccc(O)cc1. The maximum atomic E-state index is 11.9. The molecule has 1 unspecified atom stereocenters. The predicted octanol–water partition coefficient (Wildman–Crippen LogP) is 0.395. The van der Waals surface area contributed by atoms with Gasteiger partial charge in [0.15, 0.2) is 0 Å². The van der Waals surface area contributed by atoms with Crippen molar-refractivity contribution in [3.05, 3.63) is 29.8 Å². The highest BCUT2D eigenvalue weighted by Crippen LogP contribution is 2.11. The van der Waals surface area contributed by atoms with E-state index in [9.17, 15) is 9.90 Å². The first-order valence-corrected chi connectivity index (χ1v) is 6.38. The second kappa shape index (κ2) is 7.11. The van der Waals surface area contributed by atoms with Gasteiger partial charge in [0.1, 0.15) is 5.75 Å². The molecule has 0 aliphatic rings. The number of hydrogen-bond acceptors (Lipinski definition) is 4. The number of phenols is 1. The molecule has 1 aromatic rings. The van der Waals surface area contributed by atoms with Crippen molar-refractivity contribution in [2.24, 2.45) is 11.7 Å². The van der Waals surface area contributed by atoms with Crippen molar-refractivity contribution in [3.8, 4) is 5.75 Å². The number of carbonyl (C=O) groups excluding carboxylic acids is 1. The van der Waals surface area contributed by atoms with Crippen LogP contribution >= 0.6 is 0 Å². The first kappa shape index (κ1) is 15.5. The number of phenolic OH excluding ortho intramolecular Hbond substituents is 1. The van der Waals surface area contributed by atoms with E-state index >= 15 is 0 Å². The zero-order valence-corrected chi connectivity index (χ0v) is 11.3. The van der Waals surface area contributed by atoms with Crippen LogP contribution < -0.4 is 11.1 Å². The molecule has 1 amide bonds. The van der Waals surface area contributed by atoms with E-state index in [0.29, 0.717) is 6.42 Å². The van der Waals surface area contributed by atoms with Crippen molar-refractivity contribution < 1.29 is 15.0 Å². The molecule has 5 heteroatoms. The number of aromatic hydroxyl groups is 1. The fourth-order valence-corrected chi connectivity index (χ4v) is 1.69. The minimum Gasteiger partial charge on any atom is -0.508 e. The Bertz CT molecular complexity index is 404. The van der Waals surface area contributed by atoms with E-state index in [-0.39, 0.29) is 30.2 Å². The summed E-state index contributed by atoms with van der Waals surface area (Å²) in [6.07, 6.45) is 0.391. The molecule has 0 saturated carbocycles. The van der Waals surface area contributed by atoms with Gasteiger partial charge >= 0.3 is 0 Å². The van der Waals surface area contributed by atoms with Gasteiger partial charge in [0, 0.05) is 0 Å². The number of aliphatic hydroxyl groups is 1. The second-order valence-corrected chi connectivity index (χ2v) is 5.02. The number of carbonyl (C=O) groups is 1. The van der Waals surface area contributed by atoms with Gasteiger partial charge in [-0.2, -0.15) is 0 Å². The summed E-state index contributed by atoms with van der Waals surface area (Å²) in [6, 6.07) is 5.63. The Kier molecular flexibility index (Phi) is 5.79. The largest absolute Gasteiger partial charge is 0.508 e. The van der Waals surface area contributed by atoms with E-state index < -0.39 is 6.04 Å². The van der Waals surface area contributed by atoms with E-state index in [1.807, 2.05) is 13.8 Å². The van der Waals surface area contributed by atoms with Crippen LogP contribution in [0.5, 0.6) is 5.75 Å². The van der Waals surface area contributed by atoms with Crippen molar-refractivity contribution >= 4 is 5.91 Å². The normalized spacial score (nSPS) is 14.2. The van der Waals surface area contributed by atoms with Gasteiger partial charge in [-0.1, -0.05) is 26.0 Å². The number of rotatable bonds is 6. The lowest BCUT2D eigenvalue weighted by Gasteiger charge is -2.22. The average Bonchev–Trinajstić information content (AvgIpc) is 2.37. The summed E-state index contributed by atoms with van der Waals surface area (Å²) in [4.78, 5) is 11.9. The third-order valence-corrected chi connectivity index (χ3v) is 3.06. The maximum absolute atomic E-state index is 11.9. The van der Waals surface area contributed by atoms with Crippen LogP contribution in [0, 0.1) is 5.92 Å². The summed E-state index contributed by atoms with van der Waals surface area (Å²) in [5, 5.41) is 21.1. The van der Waals surface area contributed by atoms with Crippen molar-refractivity contribution in [1.29, 1.82) is 0 Å². The first-order chi connectivity index (χ1) is 8.93. The summed E-state index contributed by atoms with van der Waals surface area (Å²) in [7, 11) is 0. The summed E-state index contributed by atoms with van der Waals surface area (Å²) in [6.45, 7) is 3.74. The molecule has 1 rings (SSSR count). The number of amides is 1. The Hall–Kier alpha value is -1.59. The fourth-order valence-electron chi connectivity index (χ4n) is 1.69. The van der Waals surface area contributed by atoms with Crippen LogP contribution in [0.4, 0.5) is 0 Å². The minimum atomic E-state index is -0.669. The van der Waals surface area contributed by atoms with Gasteiger partial charge < -0.3 is 21.3 Å². The zero-order valence-electron chi connectivity index (χ0n) is 11.3. The number of benzene rings is 1. The highest BCUT2D eigenvalue weighted by molar-refractivity contribution is 5.82. The number of nitrogens with two attached hydrogens (primary N) is 1. The number of aliphatic hydroxyl groups excluding tert-OH is 1. The van der Waals surface area contributed by atoms with Crippen molar-refractivity contribution in [2.45, 2.75) is 32.4 Å². The number of hydrogen-bond donors (Lipinski definition) is 4. The lowest BCUT2D eigenvalue weighted by atomic mass is 10.0. The Balaban J connectivity index is 2.55. The Labute approximate surface area is 113 Å². The topological polar surface area (TPSA) is 95.6 Å². The van der Waals surface area contributed by atoms with E-state index in [0.717, 1.165) is 5.56 Å². The van der Waals surface area contributed by atoms with Crippen molar-refractivity contribution in [1.82, 2.24) is 5.32 Å². The van der Waals surface area contributed by atoms with E-state index in [1.54, 1.807) is 24.3 Å². The fraction of sp³-hybridized carbons (Fsp3) is 0.500. The maximum Gasteiger partial charge on any atom is 0.237 e. The van der Waals surface area contributed by atoms with E-state index in [2.05, 4.69) is 5.32 Å². The summed E-state index contributed by atoms with van der Waals surface area (Å²) in [5.41, 5.74) is 6.71. The second-order valence-electron chi connectivity index (χ2n) is 5.02. The quantitative estimate of drug-likeness (QED) is 0.599. The molecule has 0 aliphatic heterocycles. The van der Waals surface area contributed by atoms with Gasteiger partial charge in [0.25, 0.3) is 0 Å².